The predicted molar refractivity (Wildman–Crippen MR) is 470 cm³/mol. The lowest BCUT2D eigenvalue weighted by Gasteiger charge is -2.41. The Morgan fingerprint density at radius 3 is 1.30 bits per heavy atom. The van der Waals surface area contributed by atoms with E-state index in [1.807, 2.05) is 81.1 Å². The summed E-state index contributed by atoms with van der Waals surface area (Å²) < 4.78 is 105. The van der Waals surface area contributed by atoms with Crippen molar-refractivity contribution in [1.82, 2.24) is 19.2 Å². The van der Waals surface area contributed by atoms with E-state index in [2.05, 4.69) is 263 Å². The minimum absolute atomic E-state index is 0.0926. The van der Waals surface area contributed by atoms with Crippen LogP contribution in [0, 0.1) is 71.6 Å². The number of anilines is 3. The highest BCUT2D eigenvalue weighted by atomic mass is 16.3. The number of nitrogens with zero attached hydrogens (tertiary/aromatic N) is 8. The summed E-state index contributed by atoms with van der Waals surface area (Å²) in [6.45, 7) is 33.7. The van der Waals surface area contributed by atoms with Crippen LogP contribution in [0.1, 0.15) is 217 Å². The number of hydrogen-bond acceptors (Lipinski definition) is 8. The summed E-state index contributed by atoms with van der Waals surface area (Å²) in [6.07, 6.45) is 10.4. The number of para-hydroxylation sites is 3. The topological polar surface area (TPSA) is 88.7 Å². The van der Waals surface area contributed by atoms with Crippen molar-refractivity contribution in [3.63, 3.8) is 0 Å². The number of benzene rings is 7. The third-order valence-corrected chi connectivity index (χ3v) is 25.5. The molecule has 19 rings (SSSR count). The molecule has 582 valence electrons. The third kappa shape index (κ3) is 14.0. The summed E-state index contributed by atoms with van der Waals surface area (Å²) in [5, 5.41) is 6.12. The van der Waals surface area contributed by atoms with E-state index in [1.165, 1.54) is 52.3 Å². The van der Waals surface area contributed by atoms with Gasteiger partial charge in [0.1, 0.15) is 11.3 Å². The van der Waals surface area contributed by atoms with Gasteiger partial charge in [-0.05, 0) is 273 Å². The molecule has 14 aromatic rings. The molecule has 1 unspecified atom stereocenters. The van der Waals surface area contributed by atoms with Crippen LogP contribution in [0.15, 0.2) is 208 Å². The molecule has 5 aliphatic rings. The molecule has 2 saturated carbocycles. The van der Waals surface area contributed by atoms with Crippen LogP contribution in [-0.2, 0) is 7.05 Å². The maximum Gasteiger partial charge on any atom is 0.238 e. The molecule has 11 nitrogen and oxygen atoms in total. The molecule has 2 aliphatic carbocycles. The second-order valence-electron chi connectivity index (χ2n) is 34.6. The van der Waals surface area contributed by atoms with Gasteiger partial charge < -0.3 is 32.5 Å². The number of furan rings is 3. The summed E-state index contributed by atoms with van der Waals surface area (Å²) in [5.74, 6) is 0. The molecule has 3 saturated heterocycles. The number of aryl methyl sites for hydroxylation is 8. The lowest BCUT2D eigenvalue weighted by atomic mass is 9.68. The maximum atomic E-state index is 9.34. The van der Waals surface area contributed by atoms with Crippen molar-refractivity contribution in [3.05, 3.63) is 239 Å². The predicted octanol–water partition coefficient (Wildman–Crippen LogP) is 26.5. The standard InChI is InChI=1S/C25H32N2O.C25H31NO.C22H28N2O.C17H17N2.C12H13N/c1-16-9-11-19-20-12-10-17(2)26-23(20)28-22(19)21(16)27-18(3)25(15-24(27,4)5)13-7-6-8-14-25;1-17-12-13-20-19-10-6-7-11-21(19)27-23(20)22(17)26-18(2)25(16-24(26,3)4)14-8-5-9-15-25;1-13-8-10-16-17-11-9-14(2)23-20(17)25-19(16)18(13)24-15(3)21(4,5)12-22(24,6)7;1-14-8-6-7-11-16(14)19-13-12-17(18(19)2)15-9-4-3-5-10-15;1-10-6-3-4-8-12(10)13-9-5-7-11(13)2/h9-12,18H,6-8,13-15H2,1-5H3;6-7,10-13,18H,5,8-9,14-16H2,1-4H3;8-11,15H,12H2,1-7H3;3-13H,1-2H3;3-9H,1-2H3/q;;;+1;/t2*18-;15-;;/m000../s1/i15D2;16D2;4D3,12D2;;/t2m;15-,21?;;. The Morgan fingerprint density at radius 1 is 0.402 bits per heavy atom. The molecule has 0 amide bonds. The second kappa shape index (κ2) is 29.9. The number of hydrogen-bond donors (Lipinski definition) is 0. The smallest absolute Gasteiger partial charge is 0.238 e. The molecule has 7 aromatic heterocycles. The van der Waals surface area contributed by atoms with E-state index >= 15 is 0 Å². The van der Waals surface area contributed by atoms with E-state index in [0.717, 1.165) is 146 Å². The Balaban J connectivity index is 0.000000121. The van der Waals surface area contributed by atoms with Crippen molar-refractivity contribution in [1.29, 1.82) is 0 Å². The zero-order valence-electron chi connectivity index (χ0n) is 78.6. The van der Waals surface area contributed by atoms with Crippen molar-refractivity contribution < 1.29 is 30.3 Å². The molecule has 0 bridgehead atoms. The number of fused-ring (bicyclic) bond motifs is 9. The molecular weight excluding hydrogens is 1370 g/mol. The molecule has 0 N–H and O–H groups in total. The first-order valence-corrected chi connectivity index (χ1v) is 40.8. The molecule has 0 radical (unpaired) electrons. The molecule has 7 aromatic carbocycles. The van der Waals surface area contributed by atoms with Gasteiger partial charge in [-0.2, -0.15) is 0 Å². The van der Waals surface area contributed by atoms with Crippen LogP contribution in [0.25, 0.3) is 88.7 Å². The highest BCUT2D eigenvalue weighted by molar-refractivity contribution is 6.11. The van der Waals surface area contributed by atoms with Gasteiger partial charge in [0.2, 0.25) is 17.1 Å². The van der Waals surface area contributed by atoms with Gasteiger partial charge in [-0.1, -0.05) is 161 Å². The van der Waals surface area contributed by atoms with Crippen LogP contribution in [-0.4, -0.2) is 54.0 Å². The van der Waals surface area contributed by atoms with Crippen LogP contribution in [0.3, 0.4) is 0 Å². The van der Waals surface area contributed by atoms with Crippen molar-refractivity contribution in [2.75, 3.05) is 14.7 Å². The van der Waals surface area contributed by atoms with Crippen molar-refractivity contribution >= 4 is 83.1 Å². The fraction of sp³-hybridized carbons (Fsp3) is 0.416. The lowest BCUT2D eigenvalue weighted by Crippen LogP contribution is -2.44. The molecule has 10 heterocycles. The first-order chi connectivity index (χ1) is 57.1. The van der Waals surface area contributed by atoms with Gasteiger partial charge in [0.15, 0.2) is 23.8 Å². The Hall–Kier alpha value is -9.87. The maximum absolute atomic E-state index is 9.34. The molecule has 11 heteroatoms. The van der Waals surface area contributed by atoms with E-state index in [1.54, 1.807) is 20.8 Å². The van der Waals surface area contributed by atoms with Crippen molar-refractivity contribution in [3.8, 4) is 22.6 Å². The van der Waals surface area contributed by atoms with Gasteiger partial charge in [-0.3, -0.25) is 0 Å². The Labute approximate surface area is 678 Å². The minimum atomic E-state index is -2.48. The lowest BCUT2D eigenvalue weighted by molar-refractivity contribution is -0.734. The first kappa shape index (κ1) is 66.7. The average Bonchev–Trinajstić information content (AvgIpc) is 1.53. The SMILES string of the molecule is Cc1ccccc1-n1ccc(-c2ccccc2)[n+]1C.Cc1ccccc1-n1cccc1C.[2H]C([2H])([2H])C1(C)[C@H](C)N(c2c(C)ccc3c2oc2nc(C)ccc23)C(C)(C)C1([2H])[2H].[2H]C1([2H])C2(CCCCC2)[C@H](C)N(c2c(C)ccc3c2oc2ccccc23)C1(C)C.[2H]C1([2H])C2(CCCCC2)[C@H](C)N(c2c(C)ccc3c2oc2nc(C)ccc23)C1(C)C. The van der Waals surface area contributed by atoms with Crippen LogP contribution in [0.5, 0.6) is 0 Å². The van der Waals surface area contributed by atoms with Crippen LogP contribution in [0.2, 0.25) is 0 Å². The van der Waals surface area contributed by atoms with Gasteiger partial charge in [-0.15, -0.1) is 9.36 Å². The van der Waals surface area contributed by atoms with Crippen LogP contribution in [0.4, 0.5) is 17.1 Å². The fourth-order valence-electron chi connectivity index (χ4n) is 20.0. The summed E-state index contributed by atoms with van der Waals surface area (Å²) in [5.41, 5.74) is 16.5. The molecular formula is C101H121N8O3+. The summed E-state index contributed by atoms with van der Waals surface area (Å²) in [4.78, 5) is 15.8. The summed E-state index contributed by atoms with van der Waals surface area (Å²) in [6, 6.07) is 62.0. The number of aromatic nitrogens is 5. The van der Waals surface area contributed by atoms with Gasteiger partial charge in [0, 0.05) is 120 Å². The van der Waals surface area contributed by atoms with Crippen molar-refractivity contribution in [2.45, 2.75) is 250 Å². The summed E-state index contributed by atoms with van der Waals surface area (Å²) in [7, 11) is 2.09. The van der Waals surface area contributed by atoms with E-state index in [4.69, 9.17) is 20.1 Å². The molecule has 4 atom stereocenters. The zero-order valence-corrected chi connectivity index (χ0v) is 69.6. The van der Waals surface area contributed by atoms with E-state index in [9.17, 15) is 5.48 Å². The van der Waals surface area contributed by atoms with Crippen molar-refractivity contribution in [2.24, 2.45) is 23.3 Å². The Morgan fingerprint density at radius 2 is 0.830 bits per heavy atom. The zero-order chi connectivity index (χ0) is 87.0. The molecule has 112 heavy (non-hydrogen) atoms. The Kier molecular flexibility index (Phi) is 17.8. The molecule has 5 fully saturated rings. The van der Waals surface area contributed by atoms with Crippen LogP contribution >= 0.6 is 0 Å². The first-order valence-electron chi connectivity index (χ1n) is 45.3. The largest absolute Gasteiger partial charge is 0.454 e. The highest BCUT2D eigenvalue weighted by Crippen LogP contribution is 2.60. The van der Waals surface area contributed by atoms with Gasteiger partial charge in [0.25, 0.3) is 0 Å². The normalized spacial score (nSPS) is 23.3. The van der Waals surface area contributed by atoms with Crippen LogP contribution < -0.4 is 19.4 Å². The molecule has 2 spiro atoms. The fourth-order valence-corrected chi connectivity index (χ4v) is 20.0. The monoisotopic (exact) mass is 1500 g/mol. The number of rotatable bonds is 6. The second-order valence-corrected chi connectivity index (χ2v) is 34.6. The quantitative estimate of drug-likeness (QED) is 0.152. The Bertz CT molecular complexity index is 6210. The van der Waals surface area contributed by atoms with E-state index in [-0.39, 0.29) is 22.9 Å². The summed E-state index contributed by atoms with van der Waals surface area (Å²) >= 11 is 0. The minimum Gasteiger partial charge on any atom is -0.454 e. The van der Waals surface area contributed by atoms with Gasteiger partial charge in [0.05, 0.1) is 23.3 Å². The van der Waals surface area contributed by atoms with E-state index < -0.39 is 54.0 Å². The average molecular weight is 1500 g/mol. The van der Waals surface area contributed by atoms with Gasteiger partial charge >= 0.3 is 0 Å². The highest BCUT2D eigenvalue weighted by Gasteiger charge is 2.56. The third-order valence-electron chi connectivity index (χ3n) is 25.5. The van der Waals surface area contributed by atoms with Gasteiger partial charge in [-0.25, -0.2) is 9.97 Å². The number of pyridine rings is 2. The molecule has 3 aliphatic heterocycles. The van der Waals surface area contributed by atoms with E-state index in [0.29, 0.717) is 17.0 Å².